The van der Waals surface area contributed by atoms with E-state index in [9.17, 15) is 4.79 Å². The Hall–Kier alpha value is -1.07. The van der Waals surface area contributed by atoms with Gasteiger partial charge in [-0.2, -0.15) is 0 Å². The van der Waals surface area contributed by atoms with Gasteiger partial charge in [-0.05, 0) is 65.7 Å². The highest BCUT2D eigenvalue weighted by Gasteiger charge is 2.55. The zero-order valence-electron chi connectivity index (χ0n) is 20.4. The van der Waals surface area contributed by atoms with Crippen LogP contribution in [0, 0.1) is 11.8 Å². The molecule has 1 aliphatic heterocycles. The number of ketones is 1. The van der Waals surface area contributed by atoms with Crippen LogP contribution in [0.15, 0.2) is 46.5 Å². The molecule has 1 heterocycles. The minimum atomic E-state index is -0.203. The van der Waals surface area contributed by atoms with Crippen LogP contribution in [-0.4, -0.2) is 35.6 Å². The monoisotopic (exact) mass is 464 g/mol. The van der Waals surface area contributed by atoms with E-state index in [-0.39, 0.29) is 21.7 Å². The highest BCUT2D eigenvalue weighted by Crippen LogP contribution is 2.59. The molecule has 1 spiro atoms. The maximum Gasteiger partial charge on any atom is 0.204 e. The maximum absolute atomic E-state index is 13.2. The molecule has 0 bridgehead atoms. The molecule has 0 aromatic heterocycles. The Bertz CT molecular complexity index is 751. The summed E-state index contributed by atoms with van der Waals surface area (Å²) in [7, 11) is 3.25. The summed E-state index contributed by atoms with van der Waals surface area (Å²) in [5, 5.41) is 0. The summed E-state index contributed by atoms with van der Waals surface area (Å²) in [4.78, 5) is 13.2. The standard InChI is InChI=1S/C26H40O3S2/c1-18(2)10-8-11-19(3)12-9-13-20(4)14-15-22-21(5)26(30-16-17-31-26)25(29-7)24(28-6)23(22)27/h10,12,14,21-22H,8-9,11,13,15-17H2,1-7H3. The highest BCUT2D eigenvalue weighted by atomic mass is 32.2. The van der Waals surface area contributed by atoms with Crippen molar-refractivity contribution in [3.8, 4) is 0 Å². The Morgan fingerprint density at radius 1 is 0.968 bits per heavy atom. The van der Waals surface area contributed by atoms with Crippen LogP contribution in [0.1, 0.15) is 66.7 Å². The van der Waals surface area contributed by atoms with Gasteiger partial charge in [-0.1, -0.05) is 41.9 Å². The summed E-state index contributed by atoms with van der Waals surface area (Å²) in [6.07, 6.45) is 12.1. The molecular weight excluding hydrogens is 424 g/mol. The first-order chi connectivity index (χ1) is 14.8. The summed E-state index contributed by atoms with van der Waals surface area (Å²) in [5.41, 5.74) is 4.20. The second-order valence-corrected chi connectivity index (χ2v) is 11.8. The van der Waals surface area contributed by atoms with Crippen LogP contribution in [0.5, 0.6) is 0 Å². The van der Waals surface area contributed by atoms with Gasteiger partial charge in [0.05, 0.1) is 14.2 Å². The lowest BCUT2D eigenvalue weighted by Crippen LogP contribution is -2.45. The largest absolute Gasteiger partial charge is 0.495 e. The minimum absolute atomic E-state index is 0.0664. The molecule has 2 atom stereocenters. The van der Waals surface area contributed by atoms with Crippen molar-refractivity contribution in [1.82, 2.24) is 0 Å². The van der Waals surface area contributed by atoms with Crippen LogP contribution in [0.2, 0.25) is 0 Å². The molecule has 174 valence electrons. The number of carbonyl (C=O) groups excluding carboxylic acids is 1. The zero-order valence-corrected chi connectivity index (χ0v) is 22.0. The second-order valence-electron chi connectivity index (χ2n) is 8.89. The number of thioether (sulfide) groups is 2. The Morgan fingerprint density at radius 3 is 2.10 bits per heavy atom. The molecule has 0 aromatic rings. The predicted molar refractivity (Wildman–Crippen MR) is 136 cm³/mol. The van der Waals surface area contributed by atoms with Crippen LogP contribution in [0.25, 0.3) is 0 Å². The number of carbonyl (C=O) groups is 1. The number of hydrogen-bond acceptors (Lipinski definition) is 5. The summed E-state index contributed by atoms with van der Waals surface area (Å²) in [5.74, 6) is 3.53. The Kier molecular flexibility index (Phi) is 10.3. The van der Waals surface area contributed by atoms with Crippen molar-refractivity contribution in [1.29, 1.82) is 0 Å². The Morgan fingerprint density at radius 2 is 1.55 bits per heavy atom. The molecule has 0 radical (unpaired) electrons. The van der Waals surface area contributed by atoms with Crippen LogP contribution in [0.4, 0.5) is 0 Å². The molecule has 2 rings (SSSR count). The van der Waals surface area contributed by atoms with Crippen molar-refractivity contribution in [3.63, 3.8) is 0 Å². The normalized spacial score (nSPS) is 24.0. The summed E-state index contributed by atoms with van der Waals surface area (Å²) >= 11 is 3.81. The van der Waals surface area contributed by atoms with Gasteiger partial charge >= 0.3 is 0 Å². The third kappa shape index (κ3) is 6.47. The van der Waals surface area contributed by atoms with Gasteiger partial charge in [-0.25, -0.2) is 0 Å². The lowest BCUT2D eigenvalue weighted by atomic mass is 9.78. The summed E-state index contributed by atoms with van der Waals surface area (Å²) in [6.45, 7) is 10.9. The molecule has 0 saturated carbocycles. The fraction of sp³-hybridized carbons (Fsp3) is 0.654. The van der Waals surface area contributed by atoms with Gasteiger partial charge in [0, 0.05) is 17.4 Å². The molecule has 3 nitrogen and oxygen atoms in total. The number of hydrogen-bond donors (Lipinski definition) is 0. The maximum atomic E-state index is 13.2. The number of rotatable bonds is 10. The average molecular weight is 465 g/mol. The fourth-order valence-corrected chi connectivity index (χ4v) is 7.94. The van der Waals surface area contributed by atoms with E-state index in [0.29, 0.717) is 5.76 Å². The van der Waals surface area contributed by atoms with E-state index in [1.54, 1.807) is 14.2 Å². The average Bonchev–Trinajstić information content (AvgIpc) is 3.21. The van der Waals surface area contributed by atoms with Crippen molar-refractivity contribution < 1.29 is 14.3 Å². The first-order valence-electron chi connectivity index (χ1n) is 11.4. The Balaban J connectivity index is 2.03. The van der Waals surface area contributed by atoms with Crippen molar-refractivity contribution in [2.45, 2.75) is 70.8 Å². The van der Waals surface area contributed by atoms with E-state index >= 15 is 0 Å². The van der Waals surface area contributed by atoms with Gasteiger partial charge < -0.3 is 9.47 Å². The molecule has 0 N–H and O–H groups in total. The van der Waals surface area contributed by atoms with Crippen LogP contribution >= 0.6 is 23.5 Å². The van der Waals surface area contributed by atoms with Gasteiger partial charge in [-0.3, -0.25) is 4.79 Å². The molecule has 1 saturated heterocycles. The van der Waals surface area contributed by atoms with Crippen LogP contribution in [0.3, 0.4) is 0 Å². The molecule has 0 aromatic carbocycles. The lowest BCUT2D eigenvalue weighted by molar-refractivity contribution is -0.125. The van der Waals surface area contributed by atoms with Gasteiger partial charge in [0.1, 0.15) is 4.08 Å². The third-order valence-corrected chi connectivity index (χ3v) is 10.0. The van der Waals surface area contributed by atoms with E-state index < -0.39 is 0 Å². The SMILES string of the molecule is COC1=C(OC)C2(SCCS2)C(C)C(CC=C(C)CCC=C(C)CCC=C(C)C)C1=O. The first-order valence-corrected chi connectivity index (χ1v) is 13.3. The van der Waals surface area contributed by atoms with Crippen molar-refractivity contribution in [2.75, 3.05) is 25.7 Å². The number of methoxy groups -OCH3 is 2. The predicted octanol–water partition coefficient (Wildman–Crippen LogP) is 7.31. The zero-order chi connectivity index (χ0) is 23.0. The number of Topliss-reactive ketones (excluding diaryl/α,β-unsaturated/α-hetero) is 1. The topological polar surface area (TPSA) is 35.5 Å². The van der Waals surface area contributed by atoms with Crippen molar-refractivity contribution >= 4 is 29.3 Å². The van der Waals surface area contributed by atoms with Gasteiger partial charge in [0.15, 0.2) is 5.76 Å². The number of ether oxygens (including phenoxy) is 2. The van der Waals surface area contributed by atoms with Gasteiger partial charge in [-0.15, -0.1) is 23.5 Å². The Labute approximate surface area is 198 Å². The van der Waals surface area contributed by atoms with Crippen LogP contribution < -0.4 is 0 Å². The molecule has 2 aliphatic rings. The lowest BCUT2D eigenvalue weighted by Gasteiger charge is -2.42. The third-order valence-electron chi connectivity index (χ3n) is 6.25. The molecule has 31 heavy (non-hydrogen) atoms. The number of allylic oxidation sites excluding steroid dienone is 7. The van der Waals surface area contributed by atoms with Crippen molar-refractivity contribution in [2.24, 2.45) is 11.8 Å². The molecular formula is C26H40O3S2. The summed E-state index contributed by atoms with van der Waals surface area (Å²) in [6, 6.07) is 0. The van der Waals surface area contributed by atoms with E-state index in [4.69, 9.17) is 9.47 Å². The molecule has 2 unspecified atom stereocenters. The smallest absolute Gasteiger partial charge is 0.204 e. The van der Waals surface area contributed by atoms with E-state index in [0.717, 1.165) is 49.4 Å². The van der Waals surface area contributed by atoms with E-state index in [1.165, 1.54) is 16.7 Å². The molecule has 5 heteroatoms. The van der Waals surface area contributed by atoms with Gasteiger partial charge in [0.25, 0.3) is 0 Å². The quantitative estimate of drug-likeness (QED) is 0.317. The van der Waals surface area contributed by atoms with Gasteiger partial charge in [0.2, 0.25) is 11.5 Å². The minimum Gasteiger partial charge on any atom is -0.495 e. The van der Waals surface area contributed by atoms with E-state index in [1.807, 2.05) is 23.5 Å². The first kappa shape index (κ1) is 26.2. The molecule has 0 amide bonds. The summed E-state index contributed by atoms with van der Waals surface area (Å²) < 4.78 is 11.1. The van der Waals surface area contributed by atoms with E-state index in [2.05, 4.69) is 52.8 Å². The van der Waals surface area contributed by atoms with Crippen LogP contribution in [-0.2, 0) is 14.3 Å². The fourth-order valence-electron chi connectivity index (χ4n) is 4.37. The highest BCUT2D eigenvalue weighted by molar-refractivity contribution is 8.21. The second kappa shape index (κ2) is 12.2. The molecule has 1 fully saturated rings. The van der Waals surface area contributed by atoms with Crippen molar-refractivity contribution in [3.05, 3.63) is 46.5 Å². The molecule has 1 aliphatic carbocycles.